The molecule has 0 N–H and O–H groups in total. The average Bonchev–Trinajstić information content (AvgIpc) is 2.88. The molecule has 2 aliphatic rings. The molecule has 0 aromatic heterocycles. The third kappa shape index (κ3) is 2.92. The molecule has 0 spiro atoms. The predicted octanol–water partition coefficient (Wildman–Crippen LogP) is 4.44. The van der Waals surface area contributed by atoms with Gasteiger partial charge in [-0.3, -0.25) is 0 Å². The number of benzene rings is 1. The van der Waals surface area contributed by atoms with Gasteiger partial charge in [-0.2, -0.15) is 13.2 Å². The van der Waals surface area contributed by atoms with E-state index in [2.05, 4.69) is 4.31 Å². The Bertz CT molecular complexity index is 448. The first-order valence-corrected chi connectivity index (χ1v) is 7.40. The van der Waals surface area contributed by atoms with Crippen molar-refractivity contribution in [2.75, 3.05) is 13.1 Å². The third-order valence-electron chi connectivity index (χ3n) is 4.09. The van der Waals surface area contributed by atoms with Crippen LogP contribution in [0.2, 0.25) is 0 Å². The second-order valence-electron chi connectivity index (χ2n) is 5.41. The molecule has 104 valence electrons. The lowest BCUT2D eigenvalue weighted by Crippen LogP contribution is -2.13. The van der Waals surface area contributed by atoms with Gasteiger partial charge in [-0.05, 0) is 54.8 Å². The van der Waals surface area contributed by atoms with E-state index in [9.17, 15) is 13.2 Å². The van der Waals surface area contributed by atoms with Crippen molar-refractivity contribution in [2.24, 2.45) is 11.8 Å². The van der Waals surface area contributed by atoms with Crippen molar-refractivity contribution in [1.82, 2.24) is 4.31 Å². The van der Waals surface area contributed by atoms with Crippen molar-refractivity contribution in [3.8, 4) is 0 Å². The third-order valence-corrected chi connectivity index (χ3v) is 5.11. The predicted molar refractivity (Wildman–Crippen MR) is 69.7 cm³/mol. The Balaban J connectivity index is 1.67. The lowest BCUT2D eigenvalue weighted by Gasteiger charge is -2.16. The maximum absolute atomic E-state index is 12.6. The summed E-state index contributed by atoms with van der Waals surface area (Å²) in [5.41, 5.74) is -0.558. The van der Waals surface area contributed by atoms with E-state index in [0.29, 0.717) is 4.90 Å². The van der Waals surface area contributed by atoms with Crippen LogP contribution in [0.1, 0.15) is 24.8 Å². The highest BCUT2D eigenvalue weighted by atomic mass is 32.2. The molecule has 2 atom stereocenters. The Kier molecular flexibility index (Phi) is 3.52. The van der Waals surface area contributed by atoms with E-state index in [1.54, 1.807) is 6.07 Å². The Labute approximate surface area is 115 Å². The van der Waals surface area contributed by atoms with Crippen molar-refractivity contribution < 1.29 is 13.2 Å². The van der Waals surface area contributed by atoms with E-state index in [1.807, 2.05) is 0 Å². The number of rotatable bonds is 2. The molecular weight excluding hydrogens is 271 g/mol. The summed E-state index contributed by atoms with van der Waals surface area (Å²) < 4.78 is 40.2. The molecule has 2 fully saturated rings. The van der Waals surface area contributed by atoms with Crippen LogP contribution in [0.15, 0.2) is 29.2 Å². The molecule has 1 aliphatic carbocycles. The van der Waals surface area contributed by atoms with Gasteiger partial charge in [0.15, 0.2) is 0 Å². The topological polar surface area (TPSA) is 3.24 Å². The number of hydrogen-bond donors (Lipinski definition) is 0. The fraction of sp³-hybridized carbons (Fsp3) is 0.571. The smallest absolute Gasteiger partial charge is 0.246 e. The maximum Gasteiger partial charge on any atom is 0.416 e. The van der Waals surface area contributed by atoms with Crippen LogP contribution in [0.25, 0.3) is 0 Å². The van der Waals surface area contributed by atoms with Crippen LogP contribution in [-0.4, -0.2) is 17.4 Å². The van der Waals surface area contributed by atoms with Gasteiger partial charge in [0.1, 0.15) is 0 Å². The lowest BCUT2D eigenvalue weighted by molar-refractivity contribution is -0.137. The zero-order valence-electron chi connectivity index (χ0n) is 10.5. The van der Waals surface area contributed by atoms with Crippen LogP contribution in [0.5, 0.6) is 0 Å². The molecule has 1 heterocycles. The standard InChI is InChI=1S/C14H16F3NS/c15-14(16,17)12-5-2-6-13(7-12)19-18-8-10-3-1-4-11(10)9-18/h2,5-7,10-11H,1,3-4,8-9H2. The summed E-state index contributed by atoms with van der Waals surface area (Å²) in [7, 11) is 0. The van der Waals surface area contributed by atoms with Crippen LogP contribution < -0.4 is 0 Å². The van der Waals surface area contributed by atoms with Crippen molar-refractivity contribution in [1.29, 1.82) is 0 Å². The molecule has 1 aromatic rings. The fourth-order valence-corrected chi connectivity index (χ4v) is 4.29. The fourth-order valence-electron chi connectivity index (χ4n) is 3.14. The molecule has 1 saturated heterocycles. The Morgan fingerprint density at radius 2 is 1.79 bits per heavy atom. The Hall–Kier alpha value is -0.680. The van der Waals surface area contributed by atoms with Crippen molar-refractivity contribution in [3.63, 3.8) is 0 Å². The van der Waals surface area contributed by atoms with Crippen LogP contribution in [0.4, 0.5) is 13.2 Å². The SMILES string of the molecule is FC(F)(F)c1cccc(SN2CC3CCCC3C2)c1. The highest BCUT2D eigenvalue weighted by Crippen LogP contribution is 2.42. The minimum Gasteiger partial charge on any atom is -0.246 e. The second-order valence-corrected chi connectivity index (χ2v) is 6.59. The van der Waals surface area contributed by atoms with Gasteiger partial charge in [0.2, 0.25) is 0 Å². The molecule has 1 aromatic carbocycles. The number of halogens is 3. The molecule has 1 saturated carbocycles. The zero-order valence-corrected chi connectivity index (χ0v) is 11.3. The largest absolute Gasteiger partial charge is 0.416 e. The summed E-state index contributed by atoms with van der Waals surface area (Å²) >= 11 is 1.47. The first kappa shape index (κ1) is 13.3. The molecule has 1 nitrogen and oxygen atoms in total. The van der Waals surface area contributed by atoms with E-state index < -0.39 is 11.7 Å². The highest BCUT2D eigenvalue weighted by molar-refractivity contribution is 7.97. The van der Waals surface area contributed by atoms with Crippen LogP contribution in [0, 0.1) is 11.8 Å². The second kappa shape index (κ2) is 5.02. The van der Waals surface area contributed by atoms with E-state index in [0.717, 1.165) is 31.0 Å². The van der Waals surface area contributed by atoms with Crippen LogP contribution in [-0.2, 0) is 6.18 Å². The molecule has 19 heavy (non-hydrogen) atoms. The molecule has 1 aliphatic heterocycles. The van der Waals surface area contributed by atoms with Gasteiger partial charge in [-0.1, -0.05) is 12.5 Å². The van der Waals surface area contributed by atoms with Gasteiger partial charge in [0.05, 0.1) is 5.56 Å². The maximum atomic E-state index is 12.6. The monoisotopic (exact) mass is 287 g/mol. The summed E-state index contributed by atoms with van der Waals surface area (Å²) in [6.07, 6.45) is -0.371. The van der Waals surface area contributed by atoms with E-state index in [-0.39, 0.29) is 0 Å². The van der Waals surface area contributed by atoms with Gasteiger partial charge in [-0.25, -0.2) is 4.31 Å². The van der Waals surface area contributed by atoms with Gasteiger partial charge < -0.3 is 0 Å². The average molecular weight is 287 g/mol. The minimum atomic E-state index is -4.25. The van der Waals surface area contributed by atoms with E-state index >= 15 is 0 Å². The summed E-state index contributed by atoms with van der Waals surface area (Å²) in [5.74, 6) is 1.52. The molecule has 0 bridgehead atoms. The minimum absolute atomic E-state index is 0.558. The summed E-state index contributed by atoms with van der Waals surface area (Å²) in [6, 6.07) is 5.62. The zero-order chi connectivity index (χ0) is 13.5. The highest BCUT2D eigenvalue weighted by Gasteiger charge is 2.36. The number of fused-ring (bicyclic) bond motifs is 1. The van der Waals surface area contributed by atoms with Crippen LogP contribution in [0.3, 0.4) is 0 Å². The van der Waals surface area contributed by atoms with Gasteiger partial charge in [0, 0.05) is 18.0 Å². The molecule has 0 amide bonds. The molecule has 3 rings (SSSR count). The molecule has 5 heteroatoms. The molecule has 2 unspecified atom stereocenters. The van der Waals surface area contributed by atoms with E-state index in [4.69, 9.17) is 0 Å². The molecule has 0 radical (unpaired) electrons. The summed E-state index contributed by atoms with van der Waals surface area (Å²) in [5, 5.41) is 0. The molecular formula is C14H16F3NS. The summed E-state index contributed by atoms with van der Waals surface area (Å²) in [4.78, 5) is 0.690. The van der Waals surface area contributed by atoms with Crippen molar-refractivity contribution in [3.05, 3.63) is 29.8 Å². The van der Waals surface area contributed by atoms with Gasteiger partial charge in [0.25, 0.3) is 0 Å². The first-order valence-electron chi connectivity index (χ1n) is 6.62. The Morgan fingerprint density at radius 1 is 1.11 bits per heavy atom. The van der Waals surface area contributed by atoms with Crippen LogP contribution >= 0.6 is 11.9 Å². The Morgan fingerprint density at radius 3 is 2.42 bits per heavy atom. The quantitative estimate of drug-likeness (QED) is 0.740. The summed E-state index contributed by atoms with van der Waals surface area (Å²) in [6.45, 7) is 2.04. The van der Waals surface area contributed by atoms with Crippen molar-refractivity contribution in [2.45, 2.75) is 30.3 Å². The number of nitrogens with zero attached hydrogens (tertiary/aromatic N) is 1. The number of alkyl halides is 3. The first-order chi connectivity index (χ1) is 9.02. The lowest BCUT2D eigenvalue weighted by atomic mass is 10.0. The number of hydrogen-bond acceptors (Lipinski definition) is 2. The van der Waals surface area contributed by atoms with Crippen molar-refractivity contribution >= 4 is 11.9 Å². The van der Waals surface area contributed by atoms with E-state index in [1.165, 1.54) is 43.3 Å². The van der Waals surface area contributed by atoms with Gasteiger partial charge >= 0.3 is 6.18 Å². The van der Waals surface area contributed by atoms with Gasteiger partial charge in [-0.15, -0.1) is 0 Å². The normalized spacial score (nSPS) is 27.7.